The van der Waals surface area contributed by atoms with E-state index in [-0.39, 0.29) is 6.04 Å². The van der Waals surface area contributed by atoms with Crippen molar-refractivity contribution in [1.82, 2.24) is 5.43 Å². The Labute approximate surface area is 96.1 Å². The lowest BCUT2D eigenvalue weighted by Crippen LogP contribution is -2.29. The van der Waals surface area contributed by atoms with Gasteiger partial charge < -0.3 is 9.15 Å². The van der Waals surface area contributed by atoms with Crippen molar-refractivity contribution in [2.45, 2.75) is 44.8 Å². The van der Waals surface area contributed by atoms with E-state index in [4.69, 9.17) is 15.0 Å². The van der Waals surface area contributed by atoms with Gasteiger partial charge in [-0.3, -0.25) is 5.84 Å². The molecule has 4 nitrogen and oxygen atoms in total. The van der Waals surface area contributed by atoms with Crippen LogP contribution in [0.5, 0.6) is 0 Å². The summed E-state index contributed by atoms with van der Waals surface area (Å²) in [7, 11) is 0. The Bertz CT molecular complexity index is 319. The minimum absolute atomic E-state index is 0.0965. The van der Waals surface area contributed by atoms with Gasteiger partial charge >= 0.3 is 0 Å². The minimum atomic E-state index is 0.0965. The average molecular weight is 224 g/mol. The highest BCUT2D eigenvalue weighted by molar-refractivity contribution is 5.17. The summed E-state index contributed by atoms with van der Waals surface area (Å²) >= 11 is 0. The maximum absolute atomic E-state index is 5.60. The fourth-order valence-corrected chi connectivity index (χ4v) is 2.26. The van der Waals surface area contributed by atoms with Gasteiger partial charge in [0.05, 0.1) is 18.4 Å². The molecule has 0 saturated carbocycles. The molecule has 2 atom stereocenters. The fourth-order valence-electron chi connectivity index (χ4n) is 2.26. The summed E-state index contributed by atoms with van der Waals surface area (Å²) in [5.74, 6) is 6.51. The summed E-state index contributed by atoms with van der Waals surface area (Å²) in [6.07, 6.45) is 6.47. The van der Waals surface area contributed by atoms with Gasteiger partial charge in [0, 0.05) is 6.61 Å². The summed E-state index contributed by atoms with van der Waals surface area (Å²) in [6.45, 7) is 2.94. The molecule has 1 aliphatic heterocycles. The highest BCUT2D eigenvalue weighted by atomic mass is 16.5. The molecular formula is C12H20N2O2. The molecule has 0 radical (unpaired) electrons. The van der Waals surface area contributed by atoms with Crippen molar-refractivity contribution in [2.75, 3.05) is 6.61 Å². The zero-order valence-corrected chi connectivity index (χ0v) is 9.74. The molecule has 2 rings (SSSR count). The second-order valence-corrected chi connectivity index (χ2v) is 4.40. The van der Waals surface area contributed by atoms with E-state index < -0.39 is 0 Å². The molecule has 0 aromatic carbocycles. The van der Waals surface area contributed by atoms with Gasteiger partial charge in [0.25, 0.3) is 0 Å². The number of nitrogens with one attached hydrogen (secondary N) is 1. The van der Waals surface area contributed by atoms with Crippen molar-refractivity contribution in [2.24, 2.45) is 5.84 Å². The largest absolute Gasteiger partial charge is 0.467 e. The summed E-state index contributed by atoms with van der Waals surface area (Å²) in [4.78, 5) is 0. The second-order valence-electron chi connectivity index (χ2n) is 4.40. The van der Waals surface area contributed by atoms with Gasteiger partial charge in [-0.25, -0.2) is 5.43 Å². The minimum Gasteiger partial charge on any atom is -0.467 e. The number of nitrogens with two attached hydrogens (primary N) is 1. The molecule has 2 unspecified atom stereocenters. The zero-order valence-electron chi connectivity index (χ0n) is 9.74. The Morgan fingerprint density at radius 2 is 2.50 bits per heavy atom. The Hall–Kier alpha value is -0.840. The van der Waals surface area contributed by atoms with Gasteiger partial charge in [-0.2, -0.15) is 0 Å². The molecule has 16 heavy (non-hydrogen) atoms. The summed E-state index contributed by atoms with van der Waals surface area (Å²) in [6, 6.07) is 2.06. The zero-order chi connectivity index (χ0) is 11.4. The molecule has 0 bridgehead atoms. The highest BCUT2D eigenvalue weighted by Gasteiger charge is 2.20. The molecule has 1 fully saturated rings. The third-order valence-corrected chi connectivity index (χ3v) is 3.22. The molecule has 2 heterocycles. The molecule has 1 aromatic heterocycles. The molecule has 90 valence electrons. The summed E-state index contributed by atoms with van der Waals surface area (Å²) in [5, 5.41) is 0. The van der Waals surface area contributed by atoms with E-state index in [1.165, 1.54) is 12.8 Å². The second kappa shape index (κ2) is 5.48. The number of hydrogen-bond donors (Lipinski definition) is 2. The van der Waals surface area contributed by atoms with Crippen LogP contribution in [0.15, 0.2) is 16.7 Å². The maximum Gasteiger partial charge on any atom is 0.124 e. The highest BCUT2D eigenvalue weighted by Crippen LogP contribution is 2.25. The van der Waals surface area contributed by atoms with Crippen LogP contribution in [0.4, 0.5) is 0 Å². The Kier molecular flexibility index (Phi) is 3.98. The van der Waals surface area contributed by atoms with E-state index >= 15 is 0 Å². The van der Waals surface area contributed by atoms with Gasteiger partial charge in [0.2, 0.25) is 0 Å². The molecule has 0 aliphatic carbocycles. The Morgan fingerprint density at radius 3 is 3.06 bits per heavy atom. The van der Waals surface area contributed by atoms with Crippen LogP contribution < -0.4 is 11.3 Å². The van der Waals surface area contributed by atoms with Gasteiger partial charge in [0.15, 0.2) is 0 Å². The Morgan fingerprint density at radius 1 is 1.62 bits per heavy atom. The summed E-state index contributed by atoms with van der Waals surface area (Å²) < 4.78 is 11.0. The van der Waals surface area contributed by atoms with Gasteiger partial charge in [-0.1, -0.05) is 0 Å². The molecule has 0 amide bonds. The van der Waals surface area contributed by atoms with Crippen LogP contribution in [0, 0.1) is 6.92 Å². The number of rotatable bonds is 5. The van der Waals surface area contributed by atoms with Crippen LogP contribution in [0.3, 0.4) is 0 Å². The van der Waals surface area contributed by atoms with E-state index in [1.807, 2.05) is 13.0 Å². The predicted octanol–water partition coefficient (Wildman–Crippen LogP) is 2.05. The molecule has 1 aromatic rings. The van der Waals surface area contributed by atoms with E-state index in [0.717, 1.165) is 30.8 Å². The number of furan rings is 1. The molecule has 0 spiro atoms. The van der Waals surface area contributed by atoms with Gasteiger partial charge in [0.1, 0.15) is 5.76 Å². The van der Waals surface area contributed by atoms with Crippen LogP contribution in [0.25, 0.3) is 0 Å². The van der Waals surface area contributed by atoms with Crippen molar-refractivity contribution >= 4 is 0 Å². The predicted molar refractivity (Wildman–Crippen MR) is 61.7 cm³/mol. The number of hydrazine groups is 1. The molecular weight excluding hydrogens is 204 g/mol. The first-order valence-corrected chi connectivity index (χ1v) is 5.93. The van der Waals surface area contributed by atoms with Crippen LogP contribution in [-0.2, 0) is 4.74 Å². The maximum atomic E-state index is 5.60. The third-order valence-electron chi connectivity index (χ3n) is 3.22. The summed E-state index contributed by atoms with van der Waals surface area (Å²) in [5.41, 5.74) is 3.97. The lowest BCUT2D eigenvalue weighted by molar-refractivity contribution is 0.0988. The van der Waals surface area contributed by atoms with E-state index in [1.54, 1.807) is 6.26 Å². The topological polar surface area (TPSA) is 60.4 Å². The van der Waals surface area contributed by atoms with Crippen molar-refractivity contribution in [3.8, 4) is 0 Å². The first-order valence-electron chi connectivity index (χ1n) is 5.93. The fraction of sp³-hybridized carbons (Fsp3) is 0.667. The first-order chi connectivity index (χ1) is 7.81. The molecule has 1 saturated heterocycles. The SMILES string of the molecule is Cc1ccoc1C(CCC1CCCO1)NN. The van der Waals surface area contributed by atoms with E-state index in [9.17, 15) is 0 Å². The average Bonchev–Trinajstić information content (AvgIpc) is 2.92. The standard InChI is InChI=1S/C12H20N2O2/c1-9-6-8-16-12(9)11(14-13)5-4-10-3-2-7-15-10/h6,8,10-11,14H,2-5,7,13H2,1H3. The number of ether oxygens (including phenoxy) is 1. The quantitative estimate of drug-likeness (QED) is 0.593. The van der Waals surface area contributed by atoms with Crippen LogP contribution in [-0.4, -0.2) is 12.7 Å². The van der Waals surface area contributed by atoms with Crippen LogP contribution in [0.2, 0.25) is 0 Å². The van der Waals surface area contributed by atoms with Crippen LogP contribution in [0.1, 0.15) is 43.0 Å². The number of aryl methyl sites for hydroxylation is 1. The van der Waals surface area contributed by atoms with Crippen LogP contribution >= 0.6 is 0 Å². The third kappa shape index (κ3) is 2.64. The number of hydrogen-bond acceptors (Lipinski definition) is 4. The smallest absolute Gasteiger partial charge is 0.124 e. The molecule has 4 heteroatoms. The van der Waals surface area contributed by atoms with Crippen molar-refractivity contribution < 1.29 is 9.15 Å². The van der Waals surface area contributed by atoms with Crippen molar-refractivity contribution in [3.05, 3.63) is 23.7 Å². The molecule has 3 N–H and O–H groups in total. The van der Waals surface area contributed by atoms with Crippen molar-refractivity contribution in [3.63, 3.8) is 0 Å². The lowest BCUT2D eigenvalue weighted by atomic mass is 10.0. The first kappa shape index (κ1) is 11.6. The van der Waals surface area contributed by atoms with Crippen molar-refractivity contribution in [1.29, 1.82) is 0 Å². The van der Waals surface area contributed by atoms with E-state index in [0.29, 0.717) is 6.10 Å². The lowest BCUT2D eigenvalue weighted by Gasteiger charge is -2.16. The van der Waals surface area contributed by atoms with E-state index in [2.05, 4.69) is 5.43 Å². The normalized spacial score (nSPS) is 22.5. The monoisotopic (exact) mass is 224 g/mol. The van der Waals surface area contributed by atoms with Gasteiger partial charge in [-0.05, 0) is 44.2 Å². The Balaban J connectivity index is 1.88. The molecule has 1 aliphatic rings. The van der Waals surface area contributed by atoms with Gasteiger partial charge in [-0.15, -0.1) is 0 Å².